The minimum absolute atomic E-state index is 0.0310. The first kappa shape index (κ1) is 27.4. The molecule has 1 N–H and O–H groups in total. The van der Waals surface area contributed by atoms with Crippen molar-refractivity contribution in [2.24, 2.45) is 0 Å². The van der Waals surface area contributed by atoms with Gasteiger partial charge in [-0.2, -0.15) is 0 Å². The smallest absolute Gasteiger partial charge is 0.410 e. The Bertz CT molecular complexity index is 1190. The molecule has 0 aliphatic carbocycles. The summed E-state index contributed by atoms with van der Waals surface area (Å²) < 4.78 is 35.7. The first-order chi connectivity index (χ1) is 16.6. The van der Waals surface area contributed by atoms with Gasteiger partial charge in [-0.05, 0) is 39.7 Å². The highest BCUT2D eigenvalue weighted by molar-refractivity contribution is 14.2. The van der Waals surface area contributed by atoms with Crippen molar-refractivity contribution in [1.29, 1.82) is 0 Å². The molecule has 0 saturated carbocycles. The fourth-order valence-electron chi connectivity index (χ4n) is 3.66. The van der Waals surface area contributed by atoms with Crippen LogP contribution in [-0.2, 0) is 4.74 Å². The van der Waals surface area contributed by atoms with Gasteiger partial charge in [0.05, 0.1) is 12.4 Å². The van der Waals surface area contributed by atoms with E-state index in [-0.39, 0.29) is 17.7 Å². The summed E-state index contributed by atoms with van der Waals surface area (Å²) in [6.45, 7) is 10.4. The van der Waals surface area contributed by atoms with Crippen LogP contribution in [0.15, 0.2) is 24.7 Å². The third kappa shape index (κ3) is 6.72. The number of halogens is 3. The average Bonchev–Trinajstić information content (AvgIpc) is 3.18. The van der Waals surface area contributed by atoms with Gasteiger partial charge in [0.2, 0.25) is 0 Å². The maximum absolute atomic E-state index is 14.6. The van der Waals surface area contributed by atoms with E-state index in [4.69, 9.17) is 4.74 Å². The van der Waals surface area contributed by atoms with Gasteiger partial charge in [0.15, 0.2) is 23.1 Å². The number of ether oxygens (including phenoxy) is 1. The van der Waals surface area contributed by atoms with E-state index in [9.17, 15) is 13.6 Å². The summed E-state index contributed by atoms with van der Waals surface area (Å²) in [5.74, 6) is -0.807. The Morgan fingerprint density at radius 3 is 2.69 bits per heavy atom. The van der Waals surface area contributed by atoms with E-state index in [2.05, 4.69) is 41.5 Å². The molecule has 12 heteroatoms. The molecule has 1 fully saturated rings. The lowest BCUT2D eigenvalue weighted by molar-refractivity contribution is 0.0206. The number of likely N-dealkylation sites (tertiary alicyclic amines) is 1. The van der Waals surface area contributed by atoms with E-state index in [1.54, 1.807) is 15.1 Å². The van der Waals surface area contributed by atoms with Crippen LogP contribution in [-0.4, -0.2) is 54.6 Å². The van der Waals surface area contributed by atoms with Gasteiger partial charge < -0.3 is 15.0 Å². The number of pyridine rings is 1. The molecule has 35 heavy (non-hydrogen) atoms. The van der Waals surface area contributed by atoms with Crippen molar-refractivity contribution in [2.45, 2.75) is 59.1 Å². The van der Waals surface area contributed by atoms with Gasteiger partial charge in [-0.25, -0.2) is 28.5 Å². The minimum Gasteiger partial charge on any atom is -0.444 e. The van der Waals surface area contributed by atoms with Crippen molar-refractivity contribution < 1.29 is 18.3 Å². The molecule has 190 valence electrons. The number of anilines is 1. The average molecular weight is 618 g/mol. The van der Waals surface area contributed by atoms with E-state index in [0.29, 0.717) is 29.7 Å². The van der Waals surface area contributed by atoms with Gasteiger partial charge in [0, 0.05) is 66.6 Å². The Kier molecular flexibility index (Phi) is 9.13. The highest BCUT2D eigenvalue weighted by atomic mass is 127. The number of piperidine rings is 1. The molecule has 4 rings (SSSR count). The number of nitrogens with one attached hydrogen (secondary N) is 1. The van der Waals surface area contributed by atoms with Crippen LogP contribution in [0.2, 0.25) is 0 Å². The molecule has 1 saturated heterocycles. The maximum Gasteiger partial charge on any atom is 0.410 e. The summed E-state index contributed by atoms with van der Waals surface area (Å²) in [4.78, 5) is 26.7. The summed E-state index contributed by atoms with van der Waals surface area (Å²) >= 11 is 2.10. The molecule has 4 heterocycles. The van der Waals surface area contributed by atoms with Gasteiger partial charge in [0.25, 0.3) is 0 Å². The predicted octanol–water partition coefficient (Wildman–Crippen LogP) is 6.46. The molecule has 1 atom stereocenters. The Morgan fingerprint density at radius 2 is 2.00 bits per heavy atom. The number of carbonyl (C=O) groups excluding carboxylic acids is 1. The second-order valence-electron chi connectivity index (χ2n) is 8.76. The number of nitrogens with zero attached hydrogens (tertiary/aromatic N) is 5. The molecule has 0 radical (unpaired) electrons. The van der Waals surface area contributed by atoms with E-state index in [0.717, 1.165) is 25.2 Å². The third-order valence-corrected chi connectivity index (χ3v) is 6.75. The highest BCUT2D eigenvalue weighted by Crippen LogP contribution is 2.33. The lowest BCUT2D eigenvalue weighted by atomic mass is 10.1. The molecule has 8 nitrogen and oxygen atoms in total. The summed E-state index contributed by atoms with van der Waals surface area (Å²) in [5.41, 5.74) is 0.520. The zero-order chi connectivity index (χ0) is 25.8. The van der Waals surface area contributed by atoms with E-state index in [1.807, 2.05) is 34.6 Å². The number of rotatable bonds is 4. The number of fused-ring (bicyclic) bond motifs is 1. The molecular weight excluding hydrogens is 589 g/mol. The molecule has 1 aliphatic heterocycles. The molecule has 1 amide bonds. The molecule has 0 spiro atoms. The summed E-state index contributed by atoms with van der Waals surface area (Å²) in [7, 11) is 1.37. The number of hydrogen-bond acceptors (Lipinski definition) is 7. The van der Waals surface area contributed by atoms with Crippen LogP contribution in [0, 0.1) is 11.6 Å². The van der Waals surface area contributed by atoms with Crippen LogP contribution in [0.4, 0.5) is 19.4 Å². The predicted molar refractivity (Wildman–Crippen MR) is 143 cm³/mol. The SMILES string of the molecule is CC.CC(C)(C)OC(=O)N1CCCC(Nc2nc(-c3cn(SI)c4ncc(F)cc34)ncc2F)C1. The van der Waals surface area contributed by atoms with Crippen molar-refractivity contribution >= 4 is 53.3 Å². The first-order valence-corrected chi connectivity index (χ1v) is 14.7. The zero-order valence-electron chi connectivity index (χ0n) is 20.3. The highest BCUT2D eigenvalue weighted by Gasteiger charge is 2.28. The van der Waals surface area contributed by atoms with Crippen molar-refractivity contribution in [1.82, 2.24) is 23.8 Å². The zero-order valence-corrected chi connectivity index (χ0v) is 23.3. The largest absolute Gasteiger partial charge is 0.444 e. The van der Waals surface area contributed by atoms with Crippen molar-refractivity contribution in [3.8, 4) is 11.4 Å². The van der Waals surface area contributed by atoms with Crippen LogP contribution in [0.25, 0.3) is 22.4 Å². The van der Waals surface area contributed by atoms with Crippen molar-refractivity contribution in [3.63, 3.8) is 0 Å². The Balaban J connectivity index is 0.00000167. The molecule has 3 aromatic heterocycles. The summed E-state index contributed by atoms with van der Waals surface area (Å²) in [5, 5.41) is 3.64. The lowest BCUT2D eigenvalue weighted by Crippen LogP contribution is -2.47. The minimum atomic E-state index is -0.607. The lowest BCUT2D eigenvalue weighted by Gasteiger charge is -2.34. The molecule has 0 bridgehead atoms. The van der Waals surface area contributed by atoms with Crippen LogP contribution in [0.5, 0.6) is 0 Å². The van der Waals surface area contributed by atoms with Gasteiger partial charge in [0.1, 0.15) is 11.4 Å². The quantitative estimate of drug-likeness (QED) is 0.336. The maximum atomic E-state index is 14.6. The molecule has 3 aromatic rings. The summed E-state index contributed by atoms with van der Waals surface area (Å²) in [6.07, 6.45) is 5.09. The fraction of sp³-hybridized carbons (Fsp3) is 0.478. The summed E-state index contributed by atoms with van der Waals surface area (Å²) in [6, 6.07) is 1.16. The molecule has 1 unspecified atom stereocenters. The van der Waals surface area contributed by atoms with Crippen LogP contribution < -0.4 is 5.32 Å². The van der Waals surface area contributed by atoms with Gasteiger partial charge >= 0.3 is 6.09 Å². The van der Waals surface area contributed by atoms with E-state index in [1.165, 1.54) is 15.2 Å². The molecule has 0 aromatic carbocycles. The molecular formula is C23H29F2IN6O2S. The topological polar surface area (TPSA) is 85.2 Å². The number of hydrogen-bond donors (Lipinski definition) is 1. The third-order valence-electron chi connectivity index (χ3n) is 5.05. The van der Waals surface area contributed by atoms with Crippen LogP contribution in [0.3, 0.4) is 0 Å². The number of carbonyl (C=O) groups is 1. The van der Waals surface area contributed by atoms with Crippen LogP contribution in [0.1, 0.15) is 47.5 Å². The van der Waals surface area contributed by atoms with Crippen molar-refractivity contribution in [2.75, 3.05) is 18.4 Å². The van der Waals surface area contributed by atoms with Gasteiger partial charge in [-0.15, -0.1) is 0 Å². The Morgan fingerprint density at radius 1 is 1.26 bits per heavy atom. The fourth-order valence-corrected chi connectivity index (χ4v) is 4.92. The monoisotopic (exact) mass is 618 g/mol. The van der Waals surface area contributed by atoms with Crippen molar-refractivity contribution in [3.05, 3.63) is 36.3 Å². The normalized spacial score (nSPS) is 16.0. The van der Waals surface area contributed by atoms with E-state index < -0.39 is 23.3 Å². The van der Waals surface area contributed by atoms with E-state index >= 15 is 0 Å². The second-order valence-corrected chi connectivity index (χ2v) is 10.5. The number of amides is 1. The molecule has 1 aliphatic rings. The Labute approximate surface area is 220 Å². The number of aromatic nitrogens is 4. The standard InChI is InChI=1S/C21H23F2IN6O2S.C2H6/c1-21(2,3)32-20(31)29-6-4-5-13(10-29)27-18-16(23)9-25-17(28-18)15-11-30(33-24)19-14(15)7-12(22)8-26-19;1-2/h7-9,11,13H,4-6,10H2,1-3H3,(H,25,27,28);1-2H3. The van der Waals surface area contributed by atoms with Crippen LogP contribution >= 0.6 is 30.3 Å². The van der Waals surface area contributed by atoms with Gasteiger partial charge in [-0.3, -0.25) is 3.97 Å². The van der Waals surface area contributed by atoms with Gasteiger partial charge in [-0.1, -0.05) is 13.8 Å². The second kappa shape index (κ2) is 11.7. The Hall–Kier alpha value is -2.22. The first-order valence-electron chi connectivity index (χ1n) is 11.4.